The zero-order valence-corrected chi connectivity index (χ0v) is 11.8. The number of carbonyl (C=O) groups excluding carboxylic acids is 1. The number of amides is 1. The summed E-state index contributed by atoms with van der Waals surface area (Å²) in [5, 5.41) is 16.2. The number of hydrogen-bond donors (Lipinski definition) is 3. The largest absolute Gasteiger partial charge is 0.387 e. The van der Waals surface area contributed by atoms with Crippen LogP contribution in [-0.2, 0) is 0 Å². The Morgan fingerprint density at radius 2 is 2.00 bits per heavy atom. The molecule has 1 aliphatic rings. The van der Waals surface area contributed by atoms with Gasteiger partial charge in [0.05, 0.1) is 5.60 Å². The molecule has 0 bridgehead atoms. The van der Waals surface area contributed by atoms with E-state index in [0.29, 0.717) is 19.5 Å². The summed E-state index contributed by atoms with van der Waals surface area (Å²) < 4.78 is 0. The van der Waals surface area contributed by atoms with E-state index in [9.17, 15) is 9.90 Å². The second kappa shape index (κ2) is 5.31. The zero-order chi connectivity index (χ0) is 14.0. The summed E-state index contributed by atoms with van der Waals surface area (Å²) in [7, 11) is 0. The van der Waals surface area contributed by atoms with Gasteiger partial charge in [-0.3, -0.25) is 4.79 Å². The summed E-state index contributed by atoms with van der Waals surface area (Å²) >= 11 is 0. The van der Waals surface area contributed by atoms with Gasteiger partial charge in [0, 0.05) is 18.7 Å². The van der Waals surface area contributed by atoms with Crippen molar-refractivity contribution in [2.24, 2.45) is 0 Å². The highest BCUT2D eigenvalue weighted by Crippen LogP contribution is 2.17. The summed E-state index contributed by atoms with van der Waals surface area (Å²) in [6, 6.07) is 4.02. The minimum atomic E-state index is -0.803. The number of hydrogen-bond acceptors (Lipinski definition) is 3. The molecule has 4 heteroatoms. The van der Waals surface area contributed by atoms with Gasteiger partial charge in [-0.15, -0.1) is 0 Å². The van der Waals surface area contributed by atoms with Gasteiger partial charge in [0.2, 0.25) is 0 Å². The molecular weight excluding hydrogens is 240 g/mol. The predicted molar refractivity (Wildman–Crippen MR) is 75.4 cm³/mol. The lowest BCUT2D eigenvalue weighted by Gasteiger charge is -2.22. The number of aryl methyl sites for hydroxylation is 3. The molecule has 1 aromatic carbocycles. The molecule has 19 heavy (non-hydrogen) atoms. The van der Waals surface area contributed by atoms with E-state index >= 15 is 0 Å². The van der Waals surface area contributed by atoms with Crippen LogP contribution in [0.3, 0.4) is 0 Å². The van der Waals surface area contributed by atoms with Gasteiger partial charge in [-0.25, -0.2) is 0 Å². The van der Waals surface area contributed by atoms with Gasteiger partial charge in [0.25, 0.3) is 5.91 Å². The molecule has 1 unspecified atom stereocenters. The molecule has 2 rings (SSSR count). The Hall–Kier alpha value is -1.39. The molecule has 1 atom stereocenters. The third-order valence-corrected chi connectivity index (χ3v) is 3.70. The van der Waals surface area contributed by atoms with Crippen LogP contribution < -0.4 is 10.6 Å². The fourth-order valence-corrected chi connectivity index (χ4v) is 2.75. The molecule has 0 saturated carbocycles. The molecule has 0 radical (unpaired) electrons. The van der Waals surface area contributed by atoms with Crippen LogP contribution in [-0.4, -0.2) is 36.2 Å². The standard InChI is InChI=1S/C15H22N2O2/c1-10-6-11(2)13(12(3)7-10)14(18)17-9-15(19)4-5-16-8-15/h6-7,16,19H,4-5,8-9H2,1-3H3,(H,17,18). The molecule has 104 valence electrons. The van der Waals surface area contributed by atoms with E-state index in [1.54, 1.807) is 0 Å². The molecule has 1 heterocycles. The number of carbonyl (C=O) groups is 1. The second-order valence-electron chi connectivity index (χ2n) is 5.61. The van der Waals surface area contributed by atoms with Crippen molar-refractivity contribution < 1.29 is 9.90 Å². The van der Waals surface area contributed by atoms with Crippen molar-refractivity contribution in [3.63, 3.8) is 0 Å². The Labute approximate surface area is 114 Å². The molecule has 4 nitrogen and oxygen atoms in total. The third-order valence-electron chi connectivity index (χ3n) is 3.70. The number of rotatable bonds is 3. The van der Waals surface area contributed by atoms with Crippen molar-refractivity contribution in [1.82, 2.24) is 10.6 Å². The quantitative estimate of drug-likeness (QED) is 0.763. The van der Waals surface area contributed by atoms with Crippen molar-refractivity contribution in [2.75, 3.05) is 19.6 Å². The van der Waals surface area contributed by atoms with Gasteiger partial charge >= 0.3 is 0 Å². The van der Waals surface area contributed by atoms with Crippen molar-refractivity contribution in [2.45, 2.75) is 32.8 Å². The van der Waals surface area contributed by atoms with Crippen molar-refractivity contribution in [1.29, 1.82) is 0 Å². The van der Waals surface area contributed by atoms with Crippen LogP contribution in [0, 0.1) is 20.8 Å². The Kier molecular flexibility index (Phi) is 3.92. The van der Waals surface area contributed by atoms with E-state index in [2.05, 4.69) is 10.6 Å². The fraction of sp³-hybridized carbons (Fsp3) is 0.533. The minimum Gasteiger partial charge on any atom is -0.387 e. The highest BCUT2D eigenvalue weighted by atomic mass is 16.3. The number of benzene rings is 1. The van der Waals surface area contributed by atoms with Crippen LogP contribution in [0.25, 0.3) is 0 Å². The fourth-order valence-electron chi connectivity index (χ4n) is 2.75. The van der Waals surface area contributed by atoms with Gasteiger partial charge in [0.15, 0.2) is 0 Å². The maximum Gasteiger partial charge on any atom is 0.251 e. The average Bonchev–Trinajstić information content (AvgIpc) is 2.73. The average molecular weight is 262 g/mol. The summed E-state index contributed by atoms with van der Waals surface area (Å²) in [6.45, 7) is 7.55. The van der Waals surface area contributed by atoms with E-state index in [1.165, 1.54) is 0 Å². The molecule has 1 aromatic rings. The smallest absolute Gasteiger partial charge is 0.251 e. The Morgan fingerprint density at radius 3 is 2.53 bits per heavy atom. The lowest BCUT2D eigenvalue weighted by Crippen LogP contribution is -2.44. The van der Waals surface area contributed by atoms with Crippen LogP contribution in [0.2, 0.25) is 0 Å². The second-order valence-corrected chi connectivity index (χ2v) is 5.61. The first-order chi connectivity index (χ1) is 8.91. The monoisotopic (exact) mass is 262 g/mol. The van der Waals surface area contributed by atoms with Crippen molar-refractivity contribution in [3.05, 3.63) is 34.4 Å². The molecule has 0 aromatic heterocycles. The van der Waals surface area contributed by atoms with E-state index in [1.807, 2.05) is 32.9 Å². The first-order valence-electron chi connectivity index (χ1n) is 6.70. The molecule has 1 saturated heterocycles. The highest BCUT2D eigenvalue weighted by molar-refractivity contribution is 5.97. The van der Waals surface area contributed by atoms with Gasteiger partial charge < -0.3 is 15.7 Å². The normalized spacial score (nSPS) is 22.5. The lowest BCUT2D eigenvalue weighted by atomic mass is 9.98. The molecular formula is C15H22N2O2. The van der Waals surface area contributed by atoms with Gasteiger partial charge in [-0.1, -0.05) is 17.7 Å². The maximum absolute atomic E-state index is 12.3. The molecule has 0 spiro atoms. The van der Waals surface area contributed by atoms with E-state index in [-0.39, 0.29) is 5.91 Å². The van der Waals surface area contributed by atoms with E-state index in [4.69, 9.17) is 0 Å². The van der Waals surface area contributed by atoms with Crippen molar-refractivity contribution >= 4 is 5.91 Å². The number of aliphatic hydroxyl groups is 1. The van der Waals surface area contributed by atoms with Crippen LogP contribution in [0.4, 0.5) is 0 Å². The molecule has 1 aliphatic heterocycles. The first-order valence-corrected chi connectivity index (χ1v) is 6.70. The predicted octanol–water partition coefficient (Wildman–Crippen LogP) is 1.07. The van der Waals surface area contributed by atoms with Crippen LogP contribution in [0.5, 0.6) is 0 Å². The third kappa shape index (κ3) is 3.14. The van der Waals surface area contributed by atoms with Crippen LogP contribution in [0.15, 0.2) is 12.1 Å². The topological polar surface area (TPSA) is 61.4 Å². The lowest BCUT2D eigenvalue weighted by molar-refractivity contribution is 0.0561. The number of β-amino-alcohol motifs (C(OH)–C–C–N with tert-alkyl or cyclic N) is 1. The minimum absolute atomic E-state index is 0.102. The molecule has 0 aliphatic carbocycles. The Bertz CT molecular complexity index is 468. The maximum atomic E-state index is 12.3. The molecule has 3 N–H and O–H groups in total. The van der Waals surface area contributed by atoms with Crippen LogP contribution >= 0.6 is 0 Å². The van der Waals surface area contributed by atoms with Gasteiger partial charge in [0.1, 0.15) is 0 Å². The van der Waals surface area contributed by atoms with Crippen molar-refractivity contribution in [3.8, 4) is 0 Å². The number of nitrogens with one attached hydrogen (secondary N) is 2. The molecule has 1 amide bonds. The summed E-state index contributed by atoms with van der Waals surface area (Å²) in [4.78, 5) is 12.3. The highest BCUT2D eigenvalue weighted by Gasteiger charge is 2.31. The summed E-state index contributed by atoms with van der Waals surface area (Å²) in [6.07, 6.45) is 0.680. The summed E-state index contributed by atoms with van der Waals surface area (Å²) in [5.41, 5.74) is 3.03. The van der Waals surface area contributed by atoms with E-state index < -0.39 is 5.60 Å². The van der Waals surface area contributed by atoms with Crippen LogP contribution in [0.1, 0.15) is 33.5 Å². The Morgan fingerprint density at radius 1 is 1.37 bits per heavy atom. The van der Waals surface area contributed by atoms with E-state index in [0.717, 1.165) is 28.8 Å². The van der Waals surface area contributed by atoms with Gasteiger partial charge in [-0.05, 0) is 44.9 Å². The first kappa shape index (κ1) is 14.0. The zero-order valence-electron chi connectivity index (χ0n) is 11.8. The van der Waals surface area contributed by atoms with Gasteiger partial charge in [-0.2, -0.15) is 0 Å². The Balaban J connectivity index is 2.08. The SMILES string of the molecule is Cc1cc(C)c(C(=O)NCC2(O)CCNC2)c(C)c1. The summed E-state index contributed by atoms with van der Waals surface area (Å²) in [5.74, 6) is -0.102. The molecule has 1 fully saturated rings.